The van der Waals surface area contributed by atoms with Crippen LogP contribution in [0.3, 0.4) is 0 Å². The maximum absolute atomic E-state index is 10.7. The van der Waals surface area contributed by atoms with Crippen molar-refractivity contribution in [2.45, 2.75) is 39.2 Å². The third-order valence-electron chi connectivity index (χ3n) is 2.51. The number of hydrogen-bond acceptors (Lipinski definition) is 4. The number of nitro groups is 1. The highest BCUT2D eigenvalue weighted by Crippen LogP contribution is 2.26. The van der Waals surface area contributed by atoms with Gasteiger partial charge in [-0.05, 0) is 26.3 Å². The molecule has 17 heavy (non-hydrogen) atoms. The van der Waals surface area contributed by atoms with Gasteiger partial charge in [0, 0.05) is 29.0 Å². The number of anilines is 2. The topological polar surface area (TPSA) is 81.2 Å². The van der Waals surface area contributed by atoms with Crippen LogP contribution in [0.25, 0.3) is 0 Å². The molecule has 0 saturated carbocycles. The van der Waals surface area contributed by atoms with Crippen LogP contribution in [0.5, 0.6) is 0 Å². The number of nitrogens with zero attached hydrogens (tertiary/aromatic N) is 1. The van der Waals surface area contributed by atoms with Gasteiger partial charge in [0.1, 0.15) is 0 Å². The highest BCUT2D eigenvalue weighted by molar-refractivity contribution is 5.62. The number of nitrogens with two attached hydrogens (primary N) is 1. The van der Waals surface area contributed by atoms with Gasteiger partial charge in [-0.25, -0.2) is 0 Å². The minimum absolute atomic E-state index is 0.0137. The first-order valence-electron chi connectivity index (χ1n) is 5.67. The van der Waals surface area contributed by atoms with Gasteiger partial charge in [-0.1, -0.05) is 13.3 Å². The largest absolute Gasteiger partial charge is 0.398 e. The summed E-state index contributed by atoms with van der Waals surface area (Å²) in [6.45, 7) is 6.22. The quantitative estimate of drug-likeness (QED) is 0.468. The lowest BCUT2D eigenvalue weighted by Gasteiger charge is -2.27. The van der Waals surface area contributed by atoms with E-state index in [9.17, 15) is 10.1 Å². The van der Waals surface area contributed by atoms with Crippen molar-refractivity contribution < 1.29 is 4.92 Å². The molecule has 0 spiro atoms. The van der Waals surface area contributed by atoms with Crippen LogP contribution in [0.4, 0.5) is 17.1 Å². The SMILES string of the molecule is CCCC(C)(C)Nc1cc(N)cc([N+](=O)[O-])c1. The first kappa shape index (κ1) is 13.3. The van der Waals surface area contributed by atoms with E-state index in [4.69, 9.17) is 5.73 Å². The van der Waals surface area contributed by atoms with Crippen LogP contribution in [-0.2, 0) is 0 Å². The minimum Gasteiger partial charge on any atom is -0.398 e. The summed E-state index contributed by atoms with van der Waals surface area (Å²) in [7, 11) is 0. The summed E-state index contributed by atoms with van der Waals surface area (Å²) >= 11 is 0. The monoisotopic (exact) mass is 237 g/mol. The predicted octanol–water partition coefficient (Wildman–Crippen LogP) is 3.17. The van der Waals surface area contributed by atoms with E-state index >= 15 is 0 Å². The van der Waals surface area contributed by atoms with E-state index in [0.29, 0.717) is 11.4 Å². The molecule has 0 amide bonds. The second kappa shape index (κ2) is 5.03. The Hall–Kier alpha value is -1.78. The molecule has 0 aromatic heterocycles. The van der Waals surface area contributed by atoms with Gasteiger partial charge in [-0.2, -0.15) is 0 Å². The third kappa shape index (κ3) is 3.94. The highest BCUT2D eigenvalue weighted by Gasteiger charge is 2.17. The molecular weight excluding hydrogens is 218 g/mol. The Morgan fingerprint density at radius 2 is 2.06 bits per heavy atom. The molecule has 0 saturated heterocycles. The number of nitrogen functional groups attached to an aromatic ring is 1. The number of nitro benzene ring substituents is 1. The van der Waals surface area contributed by atoms with Crippen LogP contribution in [0, 0.1) is 10.1 Å². The van der Waals surface area contributed by atoms with E-state index in [1.54, 1.807) is 6.07 Å². The summed E-state index contributed by atoms with van der Waals surface area (Å²) in [5.41, 5.74) is 6.65. The number of non-ortho nitro benzene ring substituents is 1. The fourth-order valence-electron chi connectivity index (χ4n) is 1.89. The maximum atomic E-state index is 10.7. The van der Waals surface area contributed by atoms with Crippen molar-refractivity contribution >= 4 is 17.1 Å². The first-order chi connectivity index (χ1) is 7.84. The lowest BCUT2D eigenvalue weighted by atomic mass is 9.98. The molecule has 1 aromatic carbocycles. The van der Waals surface area contributed by atoms with Gasteiger partial charge >= 0.3 is 0 Å². The summed E-state index contributed by atoms with van der Waals surface area (Å²) in [5.74, 6) is 0. The molecule has 5 heteroatoms. The standard InChI is InChI=1S/C12H19N3O2/c1-4-5-12(2,3)14-10-6-9(13)7-11(8-10)15(16)17/h6-8,14H,4-5,13H2,1-3H3. The average Bonchev–Trinajstić information content (AvgIpc) is 2.15. The Morgan fingerprint density at radius 3 is 2.59 bits per heavy atom. The fraction of sp³-hybridized carbons (Fsp3) is 0.500. The van der Waals surface area contributed by atoms with Crippen LogP contribution in [-0.4, -0.2) is 10.5 Å². The van der Waals surface area contributed by atoms with Gasteiger partial charge < -0.3 is 11.1 Å². The molecular formula is C12H19N3O2. The second-order valence-electron chi connectivity index (χ2n) is 4.83. The van der Waals surface area contributed by atoms with E-state index in [1.165, 1.54) is 12.1 Å². The molecule has 0 aliphatic heterocycles. The molecule has 0 fully saturated rings. The molecule has 0 atom stereocenters. The Morgan fingerprint density at radius 1 is 1.41 bits per heavy atom. The molecule has 0 unspecified atom stereocenters. The van der Waals surface area contributed by atoms with Crippen LogP contribution in [0.1, 0.15) is 33.6 Å². The van der Waals surface area contributed by atoms with E-state index in [0.717, 1.165) is 12.8 Å². The third-order valence-corrected chi connectivity index (χ3v) is 2.51. The van der Waals surface area contributed by atoms with Crippen molar-refractivity contribution in [2.24, 2.45) is 0 Å². The summed E-state index contributed by atoms with van der Waals surface area (Å²) < 4.78 is 0. The zero-order valence-electron chi connectivity index (χ0n) is 10.5. The van der Waals surface area contributed by atoms with Crippen molar-refractivity contribution in [1.29, 1.82) is 0 Å². The lowest BCUT2D eigenvalue weighted by Crippen LogP contribution is -2.30. The van der Waals surface area contributed by atoms with Crippen LogP contribution in [0.2, 0.25) is 0 Å². The molecule has 1 aromatic rings. The van der Waals surface area contributed by atoms with Gasteiger partial charge in [0.25, 0.3) is 5.69 Å². The number of nitrogens with one attached hydrogen (secondary N) is 1. The van der Waals surface area contributed by atoms with Gasteiger partial charge in [-0.3, -0.25) is 10.1 Å². The Labute approximate surface area is 101 Å². The average molecular weight is 237 g/mol. The molecule has 0 bridgehead atoms. The Kier molecular flexibility index (Phi) is 3.93. The van der Waals surface area contributed by atoms with E-state index in [2.05, 4.69) is 26.1 Å². The number of benzene rings is 1. The Balaban J connectivity index is 2.95. The maximum Gasteiger partial charge on any atom is 0.273 e. The van der Waals surface area contributed by atoms with E-state index < -0.39 is 4.92 Å². The van der Waals surface area contributed by atoms with Crippen LogP contribution in [0.15, 0.2) is 18.2 Å². The fourth-order valence-corrected chi connectivity index (χ4v) is 1.89. The van der Waals surface area contributed by atoms with Gasteiger partial charge in [0.2, 0.25) is 0 Å². The van der Waals surface area contributed by atoms with Crippen molar-refractivity contribution in [3.63, 3.8) is 0 Å². The van der Waals surface area contributed by atoms with E-state index in [1.807, 2.05) is 0 Å². The zero-order valence-corrected chi connectivity index (χ0v) is 10.5. The summed E-state index contributed by atoms with van der Waals surface area (Å²) in [6.07, 6.45) is 2.03. The van der Waals surface area contributed by atoms with Gasteiger partial charge in [-0.15, -0.1) is 0 Å². The Bertz CT molecular complexity index is 416. The molecule has 5 nitrogen and oxygen atoms in total. The van der Waals surface area contributed by atoms with Crippen LogP contribution < -0.4 is 11.1 Å². The summed E-state index contributed by atoms with van der Waals surface area (Å²) in [5, 5.41) is 14.0. The second-order valence-corrected chi connectivity index (χ2v) is 4.83. The molecule has 0 aliphatic carbocycles. The summed E-state index contributed by atoms with van der Waals surface area (Å²) in [4.78, 5) is 10.3. The number of rotatable bonds is 5. The molecule has 3 N–H and O–H groups in total. The van der Waals surface area contributed by atoms with E-state index in [-0.39, 0.29) is 11.2 Å². The van der Waals surface area contributed by atoms with Crippen molar-refractivity contribution in [2.75, 3.05) is 11.1 Å². The predicted molar refractivity (Wildman–Crippen MR) is 70.1 cm³/mol. The normalized spacial score (nSPS) is 11.2. The van der Waals surface area contributed by atoms with Crippen molar-refractivity contribution in [3.8, 4) is 0 Å². The van der Waals surface area contributed by atoms with Crippen molar-refractivity contribution in [1.82, 2.24) is 0 Å². The zero-order chi connectivity index (χ0) is 13.1. The summed E-state index contributed by atoms with van der Waals surface area (Å²) in [6, 6.07) is 4.58. The van der Waals surface area contributed by atoms with Gasteiger partial charge in [0.05, 0.1) is 4.92 Å². The lowest BCUT2D eigenvalue weighted by molar-refractivity contribution is -0.384. The van der Waals surface area contributed by atoms with Gasteiger partial charge in [0.15, 0.2) is 0 Å². The molecule has 94 valence electrons. The van der Waals surface area contributed by atoms with Crippen LogP contribution >= 0.6 is 0 Å². The molecule has 1 rings (SSSR count). The molecule has 0 aliphatic rings. The minimum atomic E-state index is -0.436. The number of hydrogen-bond donors (Lipinski definition) is 2. The first-order valence-corrected chi connectivity index (χ1v) is 5.67. The molecule has 0 heterocycles. The van der Waals surface area contributed by atoms with Crippen molar-refractivity contribution in [3.05, 3.63) is 28.3 Å². The molecule has 0 radical (unpaired) electrons. The highest BCUT2D eigenvalue weighted by atomic mass is 16.6. The smallest absolute Gasteiger partial charge is 0.273 e.